The third-order valence-corrected chi connectivity index (χ3v) is 3.36. The van der Waals surface area contributed by atoms with Crippen LogP contribution in [-0.4, -0.2) is 13.0 Å². The molecule has 0 fully saturated rings. The Balaban J connectivity index is 2.24. The summed E-state index contributed by atoms with van der Waals surface area (Å²) >= 11 is 9.28. The number of carbonyl (C=O) groups is 1. The summed E-state index contributed by atoms with van der Waals surface area (Å²) < 4.78 is 0.962. The molecule has 2 aromatic carbocycles. The van der Waals surface area contributed by atoms with Crippen LogP contribution < -0.4 is 10.6 Å². The van der Waals surface area contributed by atoms with E-state index in [1.165, 1.54) is 0 Å². The van der Waals surface area contributed by atoms with Gasteiger partial charge in [0.05, 0.1) is 5.56 Å². The Labute approximate surface area is 125 Å². The van der Waals surface area contributed by atoms with Gasteiger partial charge in [0.15, 0.2) is 0 Å². The molecule has 0 aliphatic rings. The topological polar surface area (TPSA) is 41.1 Å². The minimum atomic E-state index is -0.200. The van der Waals surface area contributed by atoms with E-state index < -0.39 is 0 Å². The van der Waals surface area contributed by atoms with Gasteiger partial charge in [0.25, 0.3) is 5.91 Å². The summed E-state index contributed by atoms with van der Waals surface area (Å²) in [6.07, 6.45) is 0. The van der Waals surface area contributed by atoms with E-state index in [0.717, 1.165) is 15.8 Å². The average Bonchev–Trinajstić information content (AvgIpc) is 2.41. The van der Waals surface area contributed by atoms with Crippen LogP contribution in [0.1, 0.15) is 10.4 Å². The van der Waals surface area contributed by atoms with Gasteiger partial charge in [-0.15, -0.1) is 0 Å². The molecule has 2 N–H and O–H groups in total. The number of anilines is 2. The van der Waals surface area contributed by atoms with Crippen LogP contribution in [0.4, 0.5) is 11.4 Å². The molecular weight excluding hydrogens is 328 g/mol. The highest BCUT2D eigenvalue weighted by molar-refractivity contribution is 9.10. The van der Waals surface area contributed by atoms with Crippen molar-refractivity contribution in [2.45, 2.75) is 0 Å². The fourth-order valence-electron chi connectivity index (χ4n) is 1.65. The van der Waals surface area contributed by atoms with Crippen molar-refractivity contribution in [3.8, 4) is 0 Å². The first kappa shape index (κ1) is 13.9. The van der Waals surface area contributed by atoms with Crippen molar-refractivity contribution in [1.82, 2.24) is 0 Å². The van der Waals surface area contributed by atoms with E-state index in [0.29, 0.717) is 10.6 Å². The van der Waals surface area contributed by atoms with Crippen LogP contribution in [0.5, 0.6) is 0 Å². The van der Waals surface area contributed by atoms with Gasteiger partial charge in [0, 0.05) is 27.9 Å². The maximum Gasteiger partial charge on any atom is 0.257 e. The Bertz CT molecular complexity index is 599. The summed E-state index contributed by atoms with van der Waals surface area (Å²) in [5, 5.41) is 6.33. The smallest absolute Gasteiger partial charge is 0.257 e. The van der Waals surface area contributed by atoms with Gasteiger partial charge in [-0.3, -0.25) is 4.79 Å². The van der Waals surface area contributed by atoms with Crippen molar-refractivity contribution < 1.29 is 4.79 Å². The van der Waals surface area contributed by atoms with Crippen LogP contribution >= 0.6 is 27.5 Å². The average molecular weight is 340 g/mol. The number of benzene rings is 2. The number of halogens is 2. The monoisotopic (exact) mass is 338 g/mol. The molecule has 2 rings (SSSR count). The van der Waals surface area contributed by atoms with Crippen molar-refractivity contribution in [3.05, 3.63) is 57.5 Å². The normalized spacial score (nSPS) is 10.1. The molecule has 3 nitrogen and oxygen atoms in total. The van der Waals surface area contributed by atoms with Crippen LogP contribution in [0.3, 0.4) is 0 Å². The van der Waals surface area contributed by atoms with E-state index >= 15 is 0 Å². The van der Waals surface area contributed by atoms with E-state index in [1.807, 2.05) is 24.3 Å². The summed E-state index contributed by atoms with van der Waals surface area (Å²) in [7, 11) is 1.76. The lowest BCUT2D eigenvalue weighted by atomic mass is 10.1. The molecule has 5 heteroatoms. The van der Waals surface area contributed by atoms with Crippen molar-refractivity contribution in [1.29, 1.82) is 0 Å². The second-order valence-corrected chi connectivity index (χ2v) is 5.25. The molecule has 0 aliphatic carbocycles. The summed E-state index contributed by atoms with van der Waals surface area (Å²) in [6.45, 7) is 0. The molecule has 0 bridgehead atoms. The summed E-state index contributed by atoms with van der Waals surface area (Å²) in [5.74, 6) is -0.200. The number of rotatable bonds is 3. The SMILES string of the molecule is CNc1ccc(Cl)cc1C(=O)Nc1ccc(Br)cc1. The minimum Gasteiger partial charge on any atom is -0.387 e. The molecule has 1 amide bonds. The van der Waals surface area contributed by atoms with Crippen LogP contribution in [0.15, 0.2) is 46.9 Å². The van der Waals surface area contributed by atoms with E-state index in [2.05, 4.69) is 26.6 Å². The van der Waals surface area contributed by atoms with E-state index in [-0.39, 0.29) is 5.91 Å². The molecule has 0 spiro atoms. The summed E-state index contributed by atoms with van der Waals surface area (Å²) in [4.78, 5) is 12.2. The van der Waals surface area contributed by atoms with Crippen molar-refractivity contribution in [2.24, 2.45) is 0 Å². The van der Waals surface area contributed by atoms with Gasteiger partial charge in [-0.2, -0.15) is 0 Å². The standard InChI is InChI=1S/C14H12BrClN2O/c1-17-13-7-4-10(16)8-12(13)14(19)18-11-5-2-9(15)3-6-11/h2-8,17H,1H3,(H,18,19). The largest absolute Gasteiger partial charge is 0.387 e. The van der Waals surface area contributed by atoms with Crippen molar-refractivity contribution in [2.75, 3.05) is 17.7 Å². The third-order valence-electron chi connectivity index (χ3n) is 2.60. The predicted molar refractivity (Wildman–Crippen MR) is 83.1 cm³/mol. The maximum absolute atomic E-state index is 12.2. The van der Waals surface area contributed by atoms with Gasteiger partial charge in [-0.1, -0.05) is 27.5 Å². The highest BCUT2D eigenvalue weighted by atomic mass is 79.9. The molecule has 2 aromatic rings. The maximum atomic E-state index is 12.2. The van der Waals surface area contributed by atoms with E-state index in [9.17, 15) is 4.79 Å². The molecule has 0 aromatic heterocycles. The molecule has 0 atom stereocenters. The number of hydrogen-bond acceptors (Lipinski definition) is 2. The number of amides is 1. The number of hydrogen-bond donors (Lipinski definition) is 2. The minimum absolute atomic E-state index is 0.200. The van der Waals surface area contributed by atoms with Gasteiger partial charge >= 0.3 is 0 Å². The Hall–Kier alpha value is -1.52. The number of nitrogens with one attached hydrogen (secondary N) is 2. The molecule has 19 heavy (non-hydrogen) atoms. The second kappa shape index (κ2) is 6.08. The lowest BCUT2D eigenvalue weighted by molar-refractivity contribution is 0.102. The van der Waals surface area contributed by atoms with Crippen LogP contribution in [0.2, 0.25) is 5.02 Å². The van der Waals surface area contributed by atoms with Crippen LogP contribution in [0.25, 0.3) is 0 Å². The predicted octanol–water partition coefficient (Wildman–Crippen LogP) is 4.40. The molecular formula is C14H12BrClN2O. The fourth-order valence-corrected chi connectivity index (χ4v) is 2.09. The first-order chi connectivity index (χ1) is 9.10. The van der Waals surface area contributed by atoms with E-state index in [1.54, 1.807) is 25.2 Å². The first-order valence-electron chi connectivity index (χ1n) is 5.64. The van der Waals surface area contributed by atoms with Gasteiger partial charge in [-0.25, -0.2) is 0 Å². The summed E-state index contributed by atoms with van der Waals surface area (Å²) in [6, 6.07) is 12.5. The molecule has 0 heterocycles. The molecule has 0 unspecified atom stereocenters. The van der Waals surface area contributed by atoms with Crippen molar-refractivity contribution >= 4 is 44.8 Å². The van der Waals surface area contributed by atoms with Crippen LogP contribution in [-0.2, 0) is 0 Å². The second-order valence-electron chi connectivity index (χ2n) is 3.90. The molecule has 0 aliphatic heterocycles. The fraction of sp³-hybridized carbons (Fsp3) is 0.0714. The molecule has 0 saturated carbocycles. The Kier molecular flexibility index (Phi) is 4.45. The number of carbonyl (C=O) groups excluding carboxylic acids is 1. The Morgan fingerprint density at radius 1 is 1.16 bits per heavy atom. The zero-order chi connectivity index (χ0) is 13.8. The zero-order valence-electron chi connectivity index (χ0n) is 10.2. The van der Waals surface area contributed by atoms with Crippen LogP contribution in [0, 0.1) is 0 Å². The zero-order valence-corrected chi connectivity index (χ0v) is 12.5. The lowest BCUT2D eigenvalue weighted by Crippen LogP contribution is -2.13. The summed E-state index contributed by atoms with van der Waals surface area (Å²) in [5.41, 5.74) is 1.98. The van der Waals surface area contributed by atoms with E-state index in [4.69, 9.17) is 11.6 Å². The van der Waals surface area contributed by atoms with Gasteiger partial charge in [0.1, 0.15) is 0 Å². The van der Waals surface area contributed by atoms with Gasteiger partial charge < -0.3 is 10.6 Å². The quantitative estimate of drug-likeness (QED) is 0.870. The highest BCUT2D eigenvalue weighted by Gasteiger charge is 2.11. The Morgan fingerprint density at radius 2 is 1.84 bits per heavy atom. The third kappa shape index (κ3) is 3.49. The lowest BCUT2D eigenvalue weighted by Gasteiger charge is -2.10. The van der Waals surface area contributed by atoms with Gasteiger partial charge in [0.2, 0.25) is 0 Å². The first-order valence-corrected chi connectivity index (χ1v) is 6.81. The molecule has 98 valence electrons. The molecule has 0 radical (unpaired) electrons. The van der Waals surface area contributed by atoms with Crippen molar-refractivity contribution in [3.63, 3.8) is 0 Å². The Morgan fingerprint density at radius 3 is 2.47 bits per heavy atom. The highest BCUT2D eigenvalue weighted by Crippen LogP contribution is 2.22. The molecule has 0 saturated heterocycles. The van der Waals surface area contributed by atoms with Gasteiger partial charge in [-0.05, 0) is 42.5 Å².